The van der Waals surface area contributed by atoms with Crippen molar-refractivity contribution in [2.24, 2.45) is 11.8 Å². The summed E-state index contributed by atoms with van der Waals surface area (Å²) in [7, 11) is -1.10. The minimum absolute atomic E-state index is 0.523. The van der Waals surface area contributed by atoms with Gasteiger partial charge in [-0.1, -0.05) is 26.2 Å². The topological polar surface area (TPSA) is 44.8 Å². The number of hydrogen-bond donors (Lipinski definition) is 0. The minimum atomic E-state index is -2.86. The van der Waals surface area contributed by atoms with Crippen LogP contribution < -0.4 is 0 Å². The second-order valence-corrected chi connectivity index (χ2v) is 8.36. The molecule has 0 spiro atoms. The smallest absolute Gasteiger partial charge is 0.327 e. The molecule has 0 aromatic carbocycles. The van der Waals surface area contributed by atoms with E-state index in [0.29, 0.717) is 25.0 Å². The van der Waals surface area contributed by atoms with Gasteiger partial charge in [0, 0.05) is 20.4 Å². The predicted octanol–water partition coefficient (Wildman–Crippen LogP) is 4.88. The van der Waals surface area contributed by atoms with Gasteiger partial charge in [0.2, 0.25) is 0 Å². The van der Waals surface area contributed by atoms with Gasteiger partial charge in [-0.15, -0.1) is 0 Å². The van der Waals surface area contributed by atoms with Crippen molar-refractivity contribution in [2.75, 3.05) is 33.6 Å². The van der Waals surface area contributed by atoms with Crippen LogP contribution in [0, 0.1) is 11.8 Å². The van der Waals surface area contributed by atoms with E-state index in [-0.39, 0.29) is 0 Å². The molecular formula is C16H33O4P. The number of methoxy groups -OCH3 is 1. The molecule has 0 N–H and O–H groups in total. The summed E-state index contributed by atoms with van der Waals surface area (Å²) in [5, 5.41) is 0. The Morgan fingerprint density at radius 3 is 2.14 bits per heavy atom. The van der Waals surface area contributed by atoms with Crippen LogP contribution in [0.1, 0.15) is 58.3 Å². The quantitative estimate of drug-likeness (QED) is 0.402. The molecule has 1 atom stereocenters. The molecule has 0 amide bonds. The van der Waals surface area contributed by atoms with E-state index < -0.39 is 7.60 Å². The van der Waals surface area contributed by atoms with Crippen molar-refractivity contribution < 1.29 is 18.3 Å². The molecule has 0 radical (unpaired) electrons. The normalized spacial score (nSPS) is 25.7. The van der Waals surface area contributed by atoms with E-state index >= 15 is 0 Å². The Bertz CT molecular complexity index is 301. The van der Waals surface area contributed by atoms with Crippen molar-refractivity contribution in [3.63, 3.8) is 0 Å². The monoisotopic (exact) mass is 320 g/mol. The number of ether oxygens (including phenoxy) is 1. The molecule has 21 heavy (non-hydrogen) atoms. The van der Waals surface area contributed by atoms with Gasteiger partial charge < -0.3 is 13.8 Å². The summed E-state index contributed by atoms with van der Waals surface area (Å²) in [6, 6.07) is 0. The standard InChI is InChI=1S/C16H33O4P/c1-4-5-6-7-12-19-21(3,17)20-14-16-10-8-15(9-11-16)13-18-2/h15-16H,4-14H2,1-3H3. The highest BCUT2D eigenvalue weighted by Gasteiger charge is 2.24. The van der Waals surface area contributed by atoms with E-state index in [2.05, 4.69) is 6.92 Å². The highest BCUT2D eigenvalue weighted by atomic mass is 31.2. The summed E-state index contributed by atoms with van der Waals surface area (Å²) in [5.74, 6) is 1.21. The number of rotatable bonds is 11. The van der Waals surface area contributed by atoms with Gasteiger partial charge in [0.15, 0.2) is 0 Å². The molecule has 0 aromatic heterocycles. The molecule has 4 nitrogen and oxygen atoms in total. The highest BCUT2D eigenvalue weighted by molar-refractivity contribution is 7.52. The van der Waals surface area contributed by atoms with Crippen LogP contribution in [-0.2, 0) is 18.3 Å². The van der Waals surface area contributed by atoms with Crippen LogP contribution in [0.15, 0.2) is 0 Å². The van der Waals surface area contributed by atoms with Gasteiger partial charge >= 0.3 is 7.60 Å². The molecule has 0 saturated heterocycles. The molecule has 0 heterocycles. The third kappa shape index (κ3) is 8.97. The lowest BCUT2D eigenvalue weighted by Crippen LogP contribution is -2.21. The lowest BCUT2D eigenvalue weighted by Gasteiger charge is -2.28. The first-order valence-electron chi connectivity index (χ1n) is 8.43. The van der Waals surface area contributed by atoms with Crippen molar-refractivity contribution in [3.8, 4) is 0 Å². The third-order valence-corrected chi connectivity index (χ3v) is 5.51. The molecule has 5 heteroatoms. The molecule has 0 bridgehead atoms. The SMILES string of the molecule is CCCCCCOP(C)(=O)OCC1CCC(COC)CC1. The van der Waals surface area contributed by atoms with Crippen LogP contribution in [0.5, 0.6) is 0 Å². The minimum Gasteiger partial charge on any atom is -0.384 e. The first-order chi connectivity index (χ1) is 10.1. The third-order valence-electron chi connectivity index (χ3n) is 4.24. The van der Waals surface area contributed by atoms with Crippen molar-refractivity contribution in [2.45, 2.75) is 58.3 Å². The zero-order valence-corrected chi connectivity index (χ0v) is 14.9. The van der Waals surface area contributed by atoms with E-state index in [1.54, 1.807) is 13.8 Å². The van der Waals surface area contributed by atoms with Crippen LogP contribution in [-0.4, -0.2) is 33.6 Å². The van der Waals surface area contributed by atoms with E-state index in [9.17, 15) is 4.57 Å². The summed E-state index contributed by atoms with van der Waals surface area (Å²) in [4.78, 5) is 0. The second kappa shape index (κ2) is 10.8. The molecule has 1 saturated carbocycles. The van der Waals surface area contributed by atoms with E-state index in [1.807, 2.05) is 0 Å². The Kier molecular flexibility index (Phi) is 9.83. The average Bonchev–Trinajstić information content (AvgIpc) is 2.47. The summed E-state index contributed by atoms with van der Waals surface area (Å²) in [5.41, 5.74) is 0. The number of unbranched alkanes of at least 4 members (excludes halogenated alkanes) is 3. The largest absolute Gasteiger partial charge is 0.384 e. The molecule has 1 aliphatic carbocycles. The zero-order chi connectivity index (χ0) is 15.6. The van der Waals surface area contributed by atoms with Crippen molar-refractivity contribution in [1.82, 2.24) is 0 Å². The fourth-order valence-corrected chi connectivity index (χ4v) is 3.85. The van der Waals surface area contributed by atoms with Gasteiger partial charge in [0.05, 0.1) is 13.2 Å². The molecule has 0 aliphatic heterocycles. The van der Waals surface area contributed by atoms with Gasteiger partial charge in [-0.25, -0.2) is 0 Å². The van der Waals surface area contributed by atoms with Crippen LogP contribution in [0.2, 0.25) is 0 Å². The summed E-state index contributed by atoms with van der Waals surface area (Å²) >= 11 is 0. The molecular weight excluding hydrogens is 287 g/mol. The first kappa shape index (κ1) is 19.2. The lowest BCUT2D eigenvalue weighted by atomic mass is 9.83. The number of hydrogen-bond acceptors (Lipinski definition) is 4. The Balaban J connectivity index is 2.11. The molecule has 1 rings (SSSR count). The van der Waals surface area contributed by atoms with Crippen molar-refractivity contribution >= 4 is 7.60 Å². The molecule has 1 aliphatic rings. The van der Waals surface area contributed by atoms with E-state index in [4.69, 9.17) is 13.8 Å². The van der Waals surface area contributed by atoms with Gasteiger partial charge in [-0.05, 0) is 43.9 Å². The maximum Gasteiger partial charge on any atom is 0.327 e. The molecule has 1 unspecified atom stereocenters. The summed E-state index contributed by atoms with van der Waals surface area (Å²) < 4.78 is 28.4. The molecule has 1 fully saturated rings. The lowest BCUT2D eigenvalue weighted by molar-refractivity contribution is 0.101. The van der Waals surface area contributed by atoms with Gasteiger partial charge in [-0.2, -0.15) is 0 Å². The van der Waals surface area contributed by atoms with Gasteiger partial charge in [0.1, 0.15) is 0 Å². The Hall–Kier alpha value is 0.110. The van der Waals surface area contributed by atoms with Crippen molar-refractivity contribution in [3.05, 3.63) is 0 Å². The van der Waals surface area contributed by atoms with Crippen LogP contribution in [0.3, 0.4) is 0 Å². The molecule has 0 aromatic rings. The Morgan fingerprint density at radius 2 is 1.57 bits per heavy atom. The van der Waals surface area contributed by atoms with Gasteiger partial charge in [-0.3, -0.25) is 4.57 Å². The fraction of sp³-hybridized carbons (Fsp3) is 1.00. The fourth-order valence-electron chi connectivity index (χ4n) is 2.84. The zero-order valence-electron chi connectivity index (χ0n) is 14.0. The Morgan fingerprint density at radius 1 is 0.952 bits per heavy atom. The molecule has 126 valence electrons. The summed E-state index contributed by atoms with van der Waals surface area (Å²) in [6.45, 7) is 5.76. The summed E-state index contributed by atoms with van der Waals surface area (Å²) in [6.07, 6.45) is 9.18. The maximum absolute atomic E-state index is 12.2. The van der Waals surface area contributed by atoms with Crippen molar-refractivity contribution in [1.29, 1.82) is 0 Å². The van der Waals surface area contributed by atoms with Gasteiger partial charge in [0.25, 0.3) is 0 Å². The van der Waals surface area contributed by atoms with Crippen LogP contribution >= 0.6 is 7.60 Å². The highest BCUT2D eigenvalue weighted by Crippen LogP contribution is 2.45. The van der Waals surface area contributed by atoms with E-state index in [0.717, 1.165) is 32.3 Å². The maximum atomic E-state index is 12.2. The Labute approximate surface area is 130 Å². The second-order valence-electron chi connectivity index (χ2n) is 6.30. The van der Waals surface area contributed by atoms with Crippen LogP contribution in [0.25, 0.3) is 0 Å². The average molecular weight is 320 g/mol. The predicted molar refractivity (Wildman–Crippen MR) is 86.9 cm³/mol. The van der Waals surface area contributed by atoms with E-state index in [1.165, 1.54) is 25.7 Å². The first-order valence-corrected chi connectivity index (χ1v) is 10.4. The van der Waals surface area contributed by atoms with Crippen LogP contribution in [0.4, 0.5) is 0 Å².